The lowest BCUT2D eigenvalue weighted by Gasteiger charge is -2.20. The van der Waals surface area contributed by atoms with Crippen LogP contribution in [0.2, 0.25) is 0 Å². The van der Waals surface area contributed by atoms with Crippen LogP contribution in [0.25, 0.3) is 11.1 Å². The normalized spacial score (nSPS) is 15.7. The minimum atomic E-state index is -4.90. The Morgan fingerprint density at radius 1 is 0.941 bits per heavy atom. The zero-order valence-electron chi connectivity index (χ0n) is 18.1. The van der Waals surface area contributed by atoms with E-state index >= 15 is 0 Å². The van der Waals surface area contributed by atoms with Crippen molar-refractivity contribution in [1.82, 2.24) is 5.32 Å². The molecule has 1 fully saturated rings. The minimum Gasteiger partial charge on any atom is -0.397 e. The standard InChI is InChI=1S/C25H23F3N4O2/c26-25(27,28)24(34)30-19-12-13-32(15-19)20-9-6-17(7-10-20)23(33)31-22-14-18(8-11-21(22)29)16-4-2-1-3-5-16/h1-11,14,19H,12-13,15,29H2,(H,30,34)(H,31,33)/t19-/m0/s1. The van der Waals surface area contributed by atoms with Crippen LogP contribution in [0.5, 0.6) is 0 Å². The van der Waals surface area contributed by atoms with Crippen molar-refractivity contribution in [2.75, 3.05) is 29.0 Å². The number of nitrogen functional groups attached to an aromatic ring is 1. The average Bonchev–Trinajstić information content (AvgIpc) is 3.29. The van der Waals surface area contributed by atoms with Gasteiger partial charge in [0, 0.05) is 30.4 Å². The van der Waals surface area contributed by atoms with Crippen molar-refractivity contribution >= 4 is 28.9 Å². The summed E-state index contributed by atoms with van der Waals surface area (Å²) in [5.74, 6) is -2.26. The van der Waals surface area contributed by atoms with E-state index in [4.69, 9.17) is 5.73 Å². The quantitative estimate of drug-likeness (QED) is 0.483. The number of rotatable bonds is 5. The molecule has 0 aromatic heterocycles. The number of hydrogen-bond acceptors (Lipinski definition) is 4. The summed E-state index contributed by atoms with van der Waals surface area (Å²) < 4.78 is 37.4. The van der Waals surface area contributed by atoms with Crippen LogP contribution in [0.3, 0.4) is 0 Å². The Bertz CT molecular complexity index is 1180. The summed E-state index contributed by atoms with van der Waals surface area (Å²) in [6, 6.07) is 21.3. The summed E-state index contributed by atoms with van der Waals surface area (Å²) in [5, 5.41) is 4.85. The highest BCUT2D eigenvalue weighted by atomic mass is 19.4. The molecule has 0 saturated carbocycles. The third-order valence-electron chi connectivity index (χ3n) is 5.68. The van der Waals surface area contributed by atoms with Gasteiger partial charge in [-0.05, 0) is 53.9 Å². The molecule has 3 aromatic carbocycles. The summed E-state index contributed by atoms with van der Waals surface area (Å²) in [7, 11) is 0. The maximum absolute atomic E-state index is 12.8. The van der Waals surface area contributed by atoms with Crippen molar-refractivity contribution in [3.63, 3.8) is 0 Å². The number of amides is 2. The Morgan fingerprint density at radius 3 is 2.32 bits per heavy atom. The van der Waals surface area contributed by atoms with E-state index in [2.05, 4.69) is 5.32 Å². The first kappa shape index (κ1) is 23.2. The highest BCUT2D eigenvalue weighted by Crippen LogP contribution is 2.28. The lowest BCUT2D eigenvalue weighted by Crippen LogP contribution is -2.44. The van der Waals surface area contributed by atoms with Crippen molar-refractivity contribution in [3.8, 4) is 11.1 Å². The molecular formula is C25H23F3N4O2. The molecule has 176 valence electrons. The Hall–Kier alpha value is -4.01. The van der Waals surface area contributed by atoms with Crippen LogP contribution in [0, 0.1) is 0 Å². The van der Waals surface area contributed by atoms with Crippen molar-refractivity contribution in [3.05, 3.63) is 78.4 Å². The predicted molar refractivity (Wildman–Crippen MR) is 126 cm³/mol. The molecule has 3 aromatic rings. The van der Waals surface area contributed by atoms with Gasteiger partial charge in [0.1, 0.15) is 0 Å². The molecule has 2 amide bonds. The molecule has 1 heterocycles. The molecule has 1 aliphatic heterocycles. The molecule has 1 saturated heterocycles. The van der Waals surface area contributed by atoms with Crippen LogP contribution < -0.4 is 21.3 Å². The van der Waals surface area contributed by atoms with Gasteiger partial charge < -0.3 is 21.3 Å². The highest BCUT2D eigenvalue weighted by Gasteiger charge is 2.40. The largest absolute Gasteiger partial charge is 0.471 e. The predicted octanol–water partition coefficient (Wildman–Crippen LogP) is 4.45. The minimum absolute atomic E-state index is 0.260. The Balaban J connectivity index is 1.40. The number of hydrogen-bond donors (Lipinski definition) is 3. The summed E-state index contributed by atoms with van der Waals surface area (Å²) in [4.78, 5) is 25.8. The van der Waals surface area contributed by atoms with E-state index in [0.29, 0.717) is 29.9 Å². The maximum Gasteiger partial charge on any atom is 0.471 e. The Labute approximate surface area is 194 Å². The van der Waals surface area contributed by atoms with Gasteiger partial charge in [0.2, 0.25) is 0 Å². The van der Waals surface area contributed by atoms with E-state index in [9.17, 15) is 22.8 Å². The maximum atomic E-state index is 12.8. The molecule has 1 atom stereocenters. The molecular weight excluding hydrogens is 445 g/mol. The molecule has 1 aliphatic rings. The lowest BCUT2D eigenvalue weighted by molar-refractivity contribution is -0.174. The Morgan fingerprint density at radius 2 is 1.65 bits per heavy atom. The number of carbonyl (C=O) groups excluding carboxylic acids is 2. The van der Waals surface area contributed by atoms with Gasteiger partial charge in [0.25, 0.3) is 5.91 Å². The number of benzene rings is 3. The molecule has 0 aliphatic carbocycles. The zero-order chi connectivity index (χ0) is 24.3. The van der Waals surface area contributed by atoms with Gasteiger partial charge >= 0.3 is 12.1 Å². The van der Waals surface area contributed by atoms with Crippen molar-refractivity contribution in [1.29, 1.82) is 0 Å². The molecule has 0 unspecified atom stereocenters. The highest BCUT2D eigenvalue weighted by molar-refractivity contribution is 6.06. The van der Waals surface area contributed by atoms with Crippen LogP contribution in [-0.4, -0.2) is 37.1 Å². The number of anilines is 3. The van der Waals surface area contributed by atoms with Crippen molar-refractivity contribution < 1.29 is 22.8 Å². The number of alkyl halides is 3. The molecule has 9 heteroatoms. The summed E-state index contributed by atoms with van der Waals surface area (Å²) in [6.07, 6.45) is -4.49. The fourth-order valence-electron chi connectivity index (χ4n) is 3.87. The molecule has 0 radical (unpaired) electrons. The number of carbonyl (C=O) groups is 2. The van der Waals surface area contributed by atoms with E-state index in [1.54, 1.807) is 30.3 Å². The van der Waals surface area contributed by atoms with E-state index in [1.807, 2.05) is 52.7 Å². The third-order valence-corrected chi connectivity index (χ3v) is 5.68. The first-order chi connectivity index (χ1) is 16.2. The third kappa shape index (κ3) is 5.31. The first-order valence-corrected chi connectivity index (χ1v) is 10.7. The second kappa shape index (κ2) is 9.46. The van der Waals surface area contributed by atoms with E-state index < -0.39 is 18.1 Å². The summed E-state index contributed by atoms with van der Waals surface area (Å²) in [6.45, 7) is 0.757. The number of nitrogens with one attached hydrogen (secondary N) is 2. The summed E-state index contributed by atoms with van der Waals surface area (Å²) >= 11 is 0. The molecule has 34 heavy (non-hydrogen) atoms. The van der Waals surface area contributed by atoms with Gasteiger partial charge in [-0.1, -0.05) is 36.4 Å². The van der Waals surface area contributed by atoms with Crippen LogP contribution >= 0.6 is 0 Å². The van der Waals surface area contributed by atoms with Gasteiger partial charge in [0.15, 0.2) is 0 Å². The van der Waals surface area contributed by atoms with Gasteiger partial charge in [-0.25, -0.2) is 0 Å². The van der Waals surface area contributed by atoms with E-state index in [0.717, 1.165) is 16.8 Å². The first-order valence-electron chi connectivity index (χ1n) is 10.7. The number of nitrogens with zero attached hydrogens (tertiary/aromatic N) is 1. The fraction of sp³-hybridized carbons (Fsp3) is 0.200. The van der Waals surface area contributed by atoms with Gasteiger partial charge in [0.05, 0.1) is 11.4 Å². The van der Waals surface area contributed by atoms with Crippen LogP contribution in [0.1, 0.15) is 16.8 Å². The molecule has 6 nitrogen and oxygen atoms in total. The van der Waals surface area contributed by atoms with Crippen LogP contribution in [0.4, 0.5) is 30.2 Å². The Kier molecular flexibility index (Phi) is 6.45. The molecule has 0 spiro atoms. The molecule has 4 N–H and O–H groups in total. The van der Waals surface area contributed by atoms with Gasteiger partial charge in [-0.15, -0.1) is 0 Å². The number of nitrogens with two attached hydrogens (primary N) is 1. The monoisotopic (exact) mass is 468 g/mol. The van der Waals surface area contributed by atoms with Crippen molar-refractivity contribution in [2.45, 2.75) is 18.6 Å². The van der Waals surface area contributed by atoms with Crippen LogP contribution in [0.15, 0.2) is 72.8 Å². The van der Waals surface area contributed by atoms with Gasteiger partial charge in [-0.3, -0.25) is 9.59 Å². The zero-order valence-corrected chi connectivity index (χ0v) is 18.1. The average molecular weight is 468 g/mol. The SMILES string of the molecule is Nc1ccc(-c2ccccc2)cc1NC(=O)c1ccc(N2CC[C@H](NC(=O)C(F)(F)F)C2)cc1. The topological polar surface area (TPSA) is 87.5 Å². The van der Waals surface area contributed by atoms with Crippen molar-refractivity contribution in [2.24, 2.45) is 0 Å². The molecule has 0 bridgehead atoms. The number of halogens is 3. The lowest BCUT2D eigenvalue weighted by atomic mass is 10.0. The van der Waals surface area contributed by atoms with Gasteiger partial charge in [-0.2, -0.15) is 13.2 Å². The molecule has 4 rings (SSSR count). The van der Waals surface area contributed by atoms with Crippen LogP contribution in [-0.2, 0) is 4.79 Å². The fourth-order valence-corrected chi connectivity index (χ4v) is 3.87. The second-order valence-electron chi connectivity index (χ2n) is 8.07. The summed E-state index contributed by atoms with van der Waals surface area (Å²) in [5.41, 5.74) is 10.1. The van der Waals surface area contributed by atoms with E-state index in [1.165, 1.54) is 0 Å². The second-order valence-corrected chi connectivity index (χ2v) is 8.07. The van der Waals surface area contributed by atoms with E-state index in [-0.39, 0.29) is 12.5 Å². The smallest absolute Gasteiger partial charge is 0.397 e.